The van der Waals surface area contributed by atoms with Gasteiger partial charge in [-0.2, -0.15) is 0 Å². The Kier molecular flexibility index (Phi) is 8.28. The first-order chi connectivity index (χ1) is 17.8. The zero-order valence-electron chi connectivity index (χ0n) is 21.0. The van der Waals surface area contributed by atoms with Gasteiger partial charge >= 0.3 is 11.9 Å². The van der Waals surface area contributed by atoms with Crippen molar-refractivity contribution < 1.29 is 38.0 Å². The zero-order chi connectivity index (χ0) is 26.4. The quantitative estimate of drug-likeness (QED) is 0.273. The predicted molar refractivity (Wildman–Crippen MR) is 135 cm³/mol. The number of hydrogen-bond donors (Lipinski definition) is 1. The minimum Gasteiger partial charge on any atom is -0.490 e. The van der Waals surface area contributed by atoms with Gasteiger partial charge in [0, 0.05) is 19.2 Å². The molecule has 3 aromatic carbocycles. The number of carboxylic acid groups (broad SMARTS) is 1. The Hall–Kier alpha value is -3.65. The molecule has 3 aromatic rings. The van der Waals surface area contributed by atoms with Crippen LogP contribution in [0.25, 0.3) is 10.8 Å². The maximum Gasteiger partial charge on any atom is 0.339 e. The van der Waals surface area contributed by atoms with Crippen molar-refractivity contribution in [3.63, 3.8) is 0 Å². The molecule has 1 fully saturated rings. The number of benzene rings is 3. The van der Waals surface area contributed by atoms with E-state index >= 15 is 0 Å². The monoisotopic (exact) mass is 510 g/mol. The van der Waals surface area contributed by atoms with Crippen molar-refractivity contribution in [2.75, 3.05) is 20.3 Å². The van der Waals surface area contributed by atoms with Crippen LogP contribution >= 0.6 is 0 Å². The molecule has 0 aliphatic heterocycles. The molecule has 0 saturated heterocycles. The van der Waals surface area contributed by atoms with Gasteiger partial charge < -0.3 is 24.1 Å². The number of carboxylic acids is 1. The van der Waals surface area contributed by atoms with Crippen molar-refractivity contribution in [3.05, 3.63) is 71.5 Å². The molecule has 7 nitrogen and oxygen atoms in total. The van der Waals surface area contributed by atoms with Gasteiger partial charge in [-0.15, -0.1) is 0 Å². The van der Waals surface area contributed by atoms with Gasteiger partial charge in [0.15, 0.2) is 11.6 Å². The van der Waals surface area contributed by atoms with Gasteiger partial charge in [0.2, 0.25) is 0 Å². The first kappa shape index (κ1) is 26.4. The van der Waals surface area contributed by atoms with E-state index in [4.69, 9.17) is 18.9 Å². The van der Waals surface area contributed by atoms with Crippen molar-refractivity contribution in [1.29, 1.82) is 0 Å². The van der Waals surface area contributed by atoms with E-state index < -0.39 is 17.2 Å². The molecule has 1 N–H and O–H groups in total. The molecule has 1 aliphatic rings. The number of methoxy groups -OCH3 is 1. The highest BCUT2D eigenvalue weighted by Gasteiger charge is 2.40. The lowest BCUT2D eigenvalue weighted by atomic mass is 9.74. The van der Waals surface area contributed by atoms with Crippen molar-refractivity contribution in [3.8, 4) is 11.5 Å². The van der Waals surface area contributed by atoms with Gasteiger partial charge in [0.05, 0.1) is 18.1 Å². The topological polar surface area (TPSA) is 91.3 Å². The fourth-order valence-corrected chi connectivity index (χ4v) is 4.61. The molecule has 0 heterocycles. The number of rotatable bonds is 10. The van der Waals surface area contributed by atoms with Crippen LogP contribution in [-0.2, 0) is 20.9 Å². The molecule has 37 heavy (non-hydrogen) atoms. The van der Waals surface area contributed by atoms with Gasteiger partial charge in [-0.3, -0.25) is 4.79 Å². The molecule has 0 radical (unpaired) electrons. The summed E-state index contributed by atoms with van der Waals surface area (Å²) in [6.45, 7) is 2.40. The maximum absolute atomic E-state index is 14.7. The van der Waals surface area contributed by atoms with E-state index in [1.807, 2.05) is 49.4 Å². The number of hydrogen-bond acceptors (Lipinski definition) is 6. The summed E-state index contributed by atoms with van der Waals surface area (Å²) in [5.41, 5.74) is 0.0884. The minimum atomic E-state index is -1.25. The SMILES string of the molecule is COCCOc1cc(F)c(OC2CCC(C)(C(=O)OCc3cccc4ccccc34)CC2)cc1C(=O)O. The highest BCUT2D eigenvalue weighted by molar-refractivity contribution is 5.91. The summed E-state index contributed by atoms with van der Waals surface area (Å²) in [7, 11) is 1.49. The van der Waals surface area contributed by atoms with E-state index in [1.54, 1.807) is 0 Å². The second kappa shape index (κ2) is 11.6. The highest BCUT2D eigenvalue weighted by atomic mass is 19.1. The molecule has 0 aromatic heterocycles. The average Bonchev–Trinajstić information content (AvgIpc) is 2.90. The predicted octanol–water partition coefficient (Wildman–Crippen LogP) is 5.77. The van der Waals surface area contributed by atoms with E-state index in [0.717, 1.165) is 28.5 Å². The number of carbonyl (C=O) groups is 2. The normalized spacial score (nSPS) is 19.4. The fraction of sp³-hybridized carbons (Fsp3) is 0.379. The second-order valence-electron chi connectivity index (χ2n) is 9.52. The van der Waals surface area contributed by atoms with E-state index in [-0.39, 0.29) is 49.0 Å². The molecule has 0 atom stereocenters. The Morgan fingerprint density at radius 3 is 2.49 bits per heavy atom. The van der Waals surface area contributed by atoms with Crippen LogP contribution in [-0.4, -0.2) is 43.5 Å². The third kappa shape index (κ3) is 6.20. The fourth-order valence-electron chi connectivity index (χ4n) is 4.61. The Morgan fingerprint density at radius 1 is 1.03 bits per heavy atom. The summed E-state index contributed by atoms with van der Waals surface area (Å²) < 4.78 is 36.5. The van der Waals surface area contributed by atoms with Crippen molar-refractivity contribution >= 4 is 22.7 Å². The standard InChI is InChI=1S/C29H31FO7/c1-29(28(33)36-18-20-8-5-7-19-6-3-4-9-22(19)20)12-10-21(11-13-29)37-26-16-23(27(31)32)25(17-24(26)30)35-15-14-34-2/h3-9,16-17,21H,10-15,18H2,1-2H3,(H,31,32). The van der Waals surface area contributed by atoms with Gasteiger partial charge in [0.1, 0.15) is 24.5 Å². The molecule has 1 saturated carbocycles. The second-order valence-corrected chi connectivity index (χ2v) is 9.52. The Balaban J connectivity index is 1.36. The molecule has 0 unspecified atom stereocenters. The molecule has 8 heteroatoms. The van der Waals surface area contributed by atoms with Crippen LogP contribution in [0.2, 0.25) is 0 Å². The summed E-state index contributed by atoms with van der Waals surface area (Å²) in [6, 6.07) is 16.0. The summed E-state index contributed by atoms with van der Waals surface area (Å²) in [4.78, 5) is 24.7. The Bertz CT molecular complexity index is 1260. The Morgan fingerprint density at radius 2 is 1.76 bits per heavy atom. The summed E-state index contributed by atoms with van der Waals surface area (Å²) in [5, 5.41) is 11.7. The van der Waals surface area contributed by atoms with E-state index in [2.05, 4.69) is 0 Å². The maximum atomic E-state index is 14.7. The van der Waals surface area contributed by atoms with Gasteiger partial charge in [0.25, 0.3) is 0 Å². The lowest BCUT2D eigenvalue weighted by Crippen LogP contribution is -2.37. The Labute approximate surface area is 215 Å². The smallest absolute Gasteiger partial charge is 0.339 e. The molecular weight excluding hydrogens is 479 g/mol. The van der Waals surface area contributed by atoms with Crippen LogP contribution in [0.4, 0.5) is 4.39 Å². The van der Waals surface area contributed by atoms with Crippen LogP contribution < -0.4 is 9.47 Å². The van der Waals surface area contributed by atoms with Crippen molar-refractivity contribution in [2.45, 2.75) is 45.3 Å². The number of esters is 1. The molecule has 0 amide bonds. The zero-order valence-corrected chi connectivity index (χ0v) is 21.0. The molecular formula is C29H31FO7. The highest BCUT2D eigenvalue weighted by Crippen LogP contribution is 2.39. The van der Waals surface area contributed by atoms with Crippen molar-refractivity contribution in [2.24, 2.45) is 5.41 Å². The molecule has 0 spiro atoms. The number of carbonyl (C=O) groups excluding carboxylic acids is 1. The van der Waals surface area contributed by atoms with Crippen LogP contribution in [0, 0.1) is 11.2 Å². The van der Waals surface area contributed by atoms with E-state index in [9.17, 15) is 19.1 Å². The number of ether oxygens (including phenoxy) is 4. The first-order valence-electron chi connectivity index (χ1n) is 12.3. The number of halogens is 1. The molecule has 1 aliphatic carbocycles. The summed E-state index contributed by atoms with van der Waals surface area (Å²) in [6.07, 6.45) is 1.69. The number of fused-ring (bicyclic) bond motifs is 1. The van der Waals surface area contributed by atoms with E-state index in [0.29, 0.717) is 25.7 Å². The van der Waals surface area contributed by atoms with E-state index in [1.165, 1.54) is 7.11 Å². The third-order valence-electron chi connectivity index (χ3n) is 6.87. The van der Waals surface area contributed by atoms with Crippen LogP contribution in [0.5, 0.6) is 11.5 Å². The van der Waals surface area contributed by atoms with Crippen LogP contribution in [0.1, 0.15) is 48.5 Å². The summed E-state index contributed by atoms with van der Waals surface area (Å²) in [5.74, 6) is -2.46. The molecule has 4 rings (SSSR count). The van der Waals surface area contributed by atoms with Gasteiger partial charge in [-0.05, 0) is 48.9 Å². The molecule has 196 valence electrons. The van der Waals surface area contributed by atoms with Gasteiger partial charge in [-0.1, -0.05) is 42.5 Å². The largest absolute Gasteiger partial charge is 0.490 e. The first-order valence-corrected chi connectivity index (χ1v) is 12.3. The third-order valence-corrected chi connectivity index (χ3v) is 6.87. The van der Waals surface area contributed by atoms with Gasteiger partial charge in [-0.25, -0.2) is 9.18 Å². The van der Waals surface area contributed by atoms with Crippen LogP contribution in [0.15, 0.2) is 54.6 Å². The van der Waals surface area contributed by atoms with Crippen LogP contribution in [0.3, 0.4) is 0 Å². The lowest BCUT2D eigenvalue weighted by molar-refractivity contribution is -0.159. The molecule has 0 bridgehead atoms. The average molecular weight is 511 g/mol. The van der Waals surface area contributed by atoms with Crippen molar-refractivity contribution in [1.82, 2.24) is 0 Å². The minimum absolute atomic E-state index is 0.0837. The number of aromatic carboxylic acids is 1. The lowest BCUT2D eigenvalue weighted by Gasteiger charge is -2.35. The summed E-state index contributed by atoms with van der Waals surface area (Å²) >= 11 is 0.